The van der Waals surface area contributed by atoms with Gasteiger partial charge >= 0.3 is 0 Å². The smallest absolute Gasteiger partial charge is 0.223 e. The van der Waals surface area contributed by atoms with Gasteiger partial charge in [-0.05, 0) is 43.4 Å². The molecule has 2 saturated carbocycles. The first kappa shape index (κ1) is 15.6. The molecule has 0 spiro atoms. The average molecular weight is 304 g/mol. The zero-order valence-electron chi connectivity index (χ0n) is 14.0. The molecule has 0 aromatic carbocycles. The number of amides is 1. The lowest BCUT2D eigenvalue weighted by Crippen LogP contribution is -2.59. The van der Waals surface area contributed by atoms with Crippen LogP contribution in [-0.2, 0) is 17.6 Å². The monoisotopic (exact) mass is 304 g/mol. The van der Waals surface area contributed by atoms with Crippen LogP contribution in [0.3, 0.4) is 0 Å². The third-order valence-electron chi connectivity index (χ3n) is 5.58. The maximum atomic E-state index is 11.9. The van der Waals surface area contributed by atoms with Gasteiger partial charge in [-0.2, -0.15) is 0 Å². The summed E-state index contributed by atoms with van der Waals surface area (Å²) in [5.41, 5.74) is 1.21. The van der Waals surface area contributed by atoms with E-state index in [4.69, 9.17) is 4.52 Å². The first-order valence-electron chi connectivity index (χ1n) is 8.75. The topological polar surface area (TPSA) is 55.1 Å². The molecule has 2 atom stereocenters. The van der Waals surface area contributed by atoms with Gasteiger partial charge in [0.15, 0.2) is 0 Å². The summed E-state index contributed by atoms with van der Waals surface area (Å²) in [6.07, 6.45) is 7.47. The predicted octanol–water partition coefficient (Wildman–Crippen LogP) is 3.50. The molecule has 0 aliphatic heterocycles. The van der Waals surface area contributed by atoms with Crippen molar-refractivity contribution in [3.8, 4) is 0 Å². The number of carbonyl (C=O) groups excluding carboxylic acids is 1. The van der Waals surface area contributed by atoms with Gasteiger partial charge in [0.1, 0.15) is 5.76 Å². The van der Waals surface area contributed by atoms with Crippen molar-refractivity contribution in [2.75, 3.05) is 0 Å². The van der Waals surface area contributed by atoms with E-state index in [1.54, 1.807) is 0 Å². The zero-order valence-corrected chi connectivity index (χ0v) is 14.0. The van der Waals surface area contributed by atoms with Gasteiger partial charge in [-0.1, -0.05) is 32.3 Å². The van der Waals surface area contributed by atoms with Gasteiger partial charge in [0.2, 0.25) is 5.91 Å². The van der Waals surface area contributed by atoms with Crippen molar-refractivity contribution in [1.29, 1.82) is 0 Å². The second kappa shape index (κ2) is 6.05. The second-order valence-electron chi connectivity index (χ2n) is 7.68. The average Bonchev–Trinajstić information content (AvgIpc) is 3.25. The maximum absolute atomic E-state index is 11.9. The fourth-order valence-electron chi connectivity index (χ4n) is 3.42. The van der Waals surface area contributed by atoms with Gasteiger partial charge in [-0.15, -0.1) is 0 Å². The molecule has 4 heteroatoms. The largest absolute Gasteiger partial charge is 0.361 e. The van der Waals surface area contributed by atoms with E-state index in [1.165, 1.54) is 6.42 Å². The van der Waals surface area contributed by atoms with E-state index in [0.717, 1.165) is 50.0 Å². The highest BCUT2D eigenvalue weighted by molar-refractivity contribution is 5.81. The highest BCUT2D eigenvalue weighted by Gasteiger charge is 2.49. The first-order chi connectivity index (χ1) is 10.5. The first-order valence-corrected chi connectivity index (χ1v) is 8.75. The summed E-state index contributed by atoms with van der Waals surface area (Å²) in [6, 6.07) is 2.43. The van der Waals surface area contributed by atoms with Crippen LogP contribution in [0.25, 0.3) is 0 Å². The third kappa shape index (κ3) is 3.21. The van der Waals surface area contributed by atoms with Gasteiger partial charge in [0.25, 0.3) is 0 Å². The minimum Gasteiger partial charge on any atom is -0.361 e. The van der Waals surface area contributed by atoms with Crippen molar-refractivity contribution in [2.24, 2.45) is 17.3 Å². The Kier molecular flexibility index (Phi) is 4.28. The molecule has 0 bridgehead atoms. The van der Waals surface area contributed by atoms with Crippen molar-refractivity contribution >= 4 is 5.91 Å². The summed E-state index contributed by atoms with van der Waals surface area (Å²) in [7, 11) is 0. The summed E-state index contributed by atoms with van der Waals surface area (Å²) >= 11 is 0. The Morgan fingerprint density at radius 1 is 1.45 bits per heavy atom. The number of rotatable bonds is 7. The highest BCUT2D eigenvalue weighted by atomic mass is 16.5. The van der Waals surface area contributed by atoms with Crippen LogP contribution in [-0.4, -0.2) is 17.1 Å². The predicted molar refractivity (Wildman–Crippen MR) is 85.4 cm³/mol. The molecule has 0 unspecified atom stereocenters. The molecule has 1 heterocycles. The van der Waals surface area contributed by atoms with E-state index in [-0.39, 0.29) is 11.3 Å². The van der Waals surface area contributed by atoms with Crippen molar-refractivity contribution < 1.29 is 9.32 Å². The number of aromatic nitrogens is 1. The molecule has 3 rings (SSSR count). The number of hydrogen-bond donors (Lipinski definition) is 1. The quantitative estimate of drug-likeness (QED) is 0.839. The van der Waals surface area contributed by atoms with Crippen molar-refractivity contribution in [1.82, 2.24) is 10.5 Å². The Bertz CT molecular complexity index is 531. The fraction of sp³-hybridized carbons (Fsp3) is 0.778. The van der Waals surface area contributed by atoms with Gasteiger partial charge in [0, 0.05) is 24.4 Å². The molecule has 1 aromatic heterocycles. The Hall–Kier alpha value is -1.32. The molecule has 2 aliphatic carbocycles. The zero-order chi connectivity index (χ0) is 15.7. The third-order valence-corrected chi connectivity index (χ3v) is 5.58. The Morgan fingerprint density at radius 3 is 2.86 bits per heavy atom. The molecule has 1 N–H and O–H groups in total. The molecule has 1 amide bonds. The molecular weight excluding hydrogens is 276 g/mol. The van der Waals surface area contributed by atoms with Crippen LogP contribution in [0.4, 0.5) is 0 Å². The molecule has 2 fully saturated rings. The van der Waals surface area contributed by atoms with E-state index >= 15 is 0 Å². The van der Waals surface area contributed by atoms with E-state index in [9.17, 15) is 4.79 Å². The molecule has 122 valence electrons. The van der Waals surface area contributed by atoms with E-state index < -0.39 is 0 Å². The van der Waals surface area contributed by atoms with Crippen molar-refractivity contribution in [3.63, 3.8) is 0 Å². The summed E-state index contributed by atoms with van der Waals surface area (Å²) < 4.78 is 5.42. The van der Waals surface area contributed by atoms with Crippen molar-refractivity contribution in [2.45, 2.75) is 71.8 Å². The van der Waals surface area contributed by atoms with Gasteiger partial charge in [-0.3, -0.25) is 4.79 Å². The maximum Gasteiger partial charge on any atom is 0.223 e. The van der Waals surface area contributed by atoms with Gasteiger partial charge in [-0.25, -0.2) is 0 Å². The fourth-order valence-corrected chi connectivity index (χ4v) is 3.42. The summed E-state index contributed by atoms with van der Waals surface area (Å²) in [5.74, 6) is 2.14. The number of carbonyl (C=O) groups is 1. The number of unbranched alkanes of at least 4 members (excludes halogenated alkanes) is 1. The standard InChI is InChI=1S/C18H28N2O2/c1-4-5-6-15-11-14(20-22-15)9-13-10-16(18(13,2)3)19-17(21)12-7-8-12/h11-13,16H,4-10H2,1-3H3,(H,19,21)/t13-,16+/m1/s1. The summed E-state index contributed by atoms with van der Waals surface area (Å²) in [4.78, 5) is 11.9. The SMILES string of the molecule is CCCCc1cc(C[C@@H]2C[C@H](NC(=O)C3CC3)C2(C)C)no1. The highest BCUT2D eigenvalue weighted by Crippen LogP contribution is 2.48. The Morgan fingerprint density at radius 2 is 2.23 bits per heavy atom. The molecule has 2 aliphatic rings. The lowest BCUT2D eigenvalue weighted by atomic mass is 9.57. The van der Waals surface area contributed by atoms with Crippen LogP contribution in [0, 0.1) is 17.3 Å². The Balaban J connectivity index is 1.51. The molecule has 0 saturated heterocycles. The van der Waals surface area contributed by atoms with Crippen LogP contribution in [0.15, 0.2) is 10.6 Å². The normalized spacial score (nSPS) is 26.5. The number of nitrogens with one attached hydrogen (secondary N) is 1. The van der Waals surface area contributed by atoms with Crippen molar-refractivity contribution in [3.05, 3.63) is 17.5 Å². The Labute approximate surface area is 133 Å². The van der Waals surface area contributed by atoms with Crippen LogP contribution in [0.2, 0.25) is 0 Å². The molecule has 4 nitrogen and oxygen atoms in total. The van der Waals surface area contributed by atoms with Crippen LogP contribution < -0.4 is 5.32 Å². The minimum atomic E-state index is 0.146. The molecule has 1 aromatic rings. The molecule has 0 radical (unpaired) electrons. The second-order valence-corrected chi connectivity index (χ2v) is 7.68. The molecular formula is C18H28N2O2. The van der Waals surface area contributed by atoms with Gasteiger partial charge < -0.3 is 9.84 Å². The number of aryl methyl sites for hydroxylation is 1. The van der Waals surface area contributed by atoms with Gasteiger partial charge in [0.05, 0.1) is 5.69 Å². The molecule has 22 heavy (non-hydrogen) atoms. The van der Waals surface area contributed by atoms with E-state index in [0.29, 0.717) is 17.9 Å². The summed E-state index contributed by atoms with van der Waals surface area (Å²) in [5, 5.41) is 7.45. The minimum absolute atomic E-state index is 0.146. The lowest BCUT2D eigenvalue weighted by molar-refractivity contribution is -0.126. The lowest BCUT2D eigenvalue weighted by Gasteiger charge is -2.52. The van der Waals surface area contributed by atoms with Crippen LogP contribution in [0.1, 0.15) is 64.3 Å². The van der Waals surface area contributed by atoms with E-state index in [2.05, 4.69) is 37.3 Å². The number of nitrogens with zero attached hydrogens (tertiary/aromatic N) is 1. The van der Waals surface area contributed by atoms with Crippen LogP contribution >= 0.6 is 0 Å². The van der Waals surface area contributed by atoms with E-state index in [1.807, 2.05) is 0 Å². The summed E-state index contributed by atoms with van der Waals surface area (Å²) in [6.45, 7) is 6.71. The van der Waals surface area contributed by atoms with Crippen LogP contribution in [0.5, 0.6) is 0 Å². The number of hydrogen-bond acceptors (Lipinski definition) is 3.